The summed E-state index contributed by atoms with van der Waals surface area (Å²) in [6.07, 6.45) is 3.97. The minimum Gasteiger partial charge on any atom is -0.480 e. The van der Waals surface area contributed by atoms with Gasteiger partial charge >= 0.3 is 5.97 Å². The summed E-state index contributed by atoms with van der Waals surface area (Å²) in [5.74, 6) is -1.21. The normalized spacial score (nSPS) is 13.3. The molecule has 0 saturated carbocycles. The molecule has 0 saturated heterocycles. The molecule has 2 heterocycles. The molecule has 0 aliphatic heterocycles. The molecule has 0 amide bonds. The summed E-state index contributed by atoms with van der Waals surface area (Å²) < 4.78 is 28.2. The number of nitrogens with one attached hydrogen (secondary N) is 1. The lowest BCUT2D eigenvalue weighted by atomic mass is 10.1. The van der Waals surface area contributed by atoms with Crippen LogP contribution in [0.15, 0.2) is 17.3 Å². The van der Waals surface area contributed by atoms with Gasteiger partial charge < -0.3 is 5.11 Å². The van der Waals surface area contributed by atoms with Crippen molar-refractivity contribution in [3.05, 3.63) is 23.1 Å². The Bertz CT molecular complexity index is 834. The van der Waals surface area contributed by atoms with Gasteiger partial charge in [0, 0.05) is 0 Å². The number of carbonyl (C=O) groups is 1. The highest BCUT2D eigenvalue weighted by molar-refractivity contribution is 7.89. The van der Waals surface area contributed by atoms with Crippen LogP contribution >= 0.6 is 11.6 Å². The fourth-order valence-electron chi connectivity index (χ4n) is 2.03. The molecule has 2 aromatic rings. The summed E-state index contributed by atoms with van der Waals surface area (Å²) in [4.78, 5) is 15.0. The zero-order valence-electron chi connectivity index (χ0n) is 12.7. The molecule has 0 aliphatic rings. The van der Waals surface area contributed by atoms with E-state index in [1.807, 2.05) is 6.92 Å². The van der Waals surface area contributed by atoms with Crippen LogP contribution in [0.2, 0.25) is 5.02 Å². The molecule has 2 rings (SSSR count). The fraction of sp³-hybridized carbons (Fsp3) is 0.462. The van der Waals surface area contributed by atoms with Crippen LogP contribution in [0.25, 0.3) is 5.65 Å². The van der Waals surface area contributed by atoms with E-state index in [-0.39, 0.29) is 11.3 Å². The Morgan fingerprint density at radius 3 is 2.83 bits per heavy atom. The topological polar surface area (TPSA) is 114 Å². The maximum absolute atomic E-state index is 12.4. The highest BCUT2D eigenvalue weighted by Gasteiger charge is 2.26. The van der Waals surface area contributed by atoms with Gasteiger partial charge in [0.2, 0.25) is 10.0 Å². The number of hydrogen-bond donors (Lipinski definition) is 2. The zero-order valence-corrected chi connectivity index (χ0v) is 14.2. The Kier molecular flexibility index (Phi) is 5.23. The first-order valence-corrected chi connectivity index (χ1v) is 8.88. The fourth-order valence-corrected chi connectivity index (χ4v) is 3.37. The molecule has 8 nitrogen and oxygen atoms in total. The second kappa shape index (κ2) is 6.81. The Morgan fingerprint density at radius 2 is 2.22 bits per heavy atom. The third kappa shape index (κ3) is 3.80. The lowest BCUT2D eigenvalue weighted by Gasteiger charge is -2.14. The SMILES string of the molecule is CCCC[C@H](NS(=O)(=O)c1cnc2c(Cl)c(C)nn2c1)C(=O)O. The quantitative estimate of drug-likeness (QED) is 0.775. The second-order valence-electron chi connectivity index (χ2n) is 5.11. The van der Waals surface area contributed by atoms with Crippen molar-refractivity contribution in [2.45, 2.75) is 44.0 Å². The van der Waals surface area contributed by atoms with Crippen LogP contribution < -0.4 is 4.72 Å². The van der Waals surface area contributed by atoms with Crippen molar-refractivity contribution in [3.8, 4) is 0 Å². The van der Waals surface area contributed by atoms with Crippen molar-refractivity contribution in [3.63, 3.8) is 0 Å². The van der Waals surface area contributed by atoms with Crippen molar-refractivity contribution < 1.29 is 18.3 Å². The van der Waals surface area contributed by atoms with E-state index in [9.17, 15) is 13.2 Å². The third-order valence-corrected chi connectivity index (χ3v) is 5.17. The van der Waals surface area contributed by atoms with Gasteiger partial charge in [0.1, 0.15) is 16.0 Å². The Labute approximate surface area is 138 Å². The van der Waals surface area contributed by atoms with Gasteiger partial charge in [-0.2, -0.15) is 9.82 Å². The molecule has 2 aromatic heterocycles. The van der Waals surface area contributed by atoms with Crippen LogP contribution in [0.1, 0.15) is 31.9 Å². The lowest BCUT2D eigenvalue weighted by Crippen LogP contribution is -2.40. The summed E-state index contributed by atoms with van der Waals surface area (Å²) in [6, 6.07) is -1.18. The smallest absolute Gasteiger partial charge is 0.321 e. The molecule has 126 valence electrons. The van der Waals surface area contributed by atoms with Crippen molar-refractivity contribution in [2.24, 2.45) is 0 Å². The highest BCUT2D eigenvalue weighted by Crippen LogP contribution is 2.20. The molecular weight excluding hydrogens is 344 g/mol. The molecule has 0 bridgehead atoms. The number of fused-ring (bicyclic) bond motifs is 1. The number of carboxylic acid groups (broad SMARTS) is 1. The molecule has 10 heteroatoms. The molecular formula is C13H17ClN4O4S. The van der Waals surface area contributed by atoms with Crippen molar-refractivity contribution in [1.29, 1.82) is 0 Å². The Balaban J connectivity index is 2.33. The maximum Gasteiger partial charge on any atom is 0.321 e. The number of aliphatic carboxylic acids is 1. The van der Waals surface area contributed by atoms with E-state index in [2.05, 4.69) is 14.8 Å². The van der Waals surface area contributed by atoms with Gasteiger partial charge in [0.25, 0.3) is 0 Å². The average Bonchev–Trinajstić information content (AvgIpc) is 2.77. The van der Waals surface area contributed by atoms with Crippen molar-refractivity contribution >= 4 is 33.2 Å². The van der Waals surface area contributed by atoms with Gasteiger partial charge in [0.15, 0.2) is 5.65 Å². The number of hydrogen-bond acceptors (Lipinski definition) is 5. The van der Waals surface area contributed by atoms with E-state index in [0.29, 0.717) is 22.8 Å². The number of sulfonamides is 1. The van der Waals surface area contributed by atoms with Gasteiger partial charge in [-0.15, -0.1) is 0 Å². The van der Waals surface area contributed by atoms with E-state index < -0.39 is 22.0 Å². The first-order valence-electron chi connectivity index (χ1n) is 7.02. The Morgan fingerprint density at radius 1 is 1.52 bits per heavy atom. The molecule has 0 spiro atoms. The Hall–Kier alpha value is -1.71. The second-order valence-corrected chi connectivity index (χ2v) is 7.20. The van der Waals surface area contributed by atoms with Gasteiger partial charge in [-0.1, -0.05) is 31.4 Å². The monoisotopic (exact) mass is 360 g/mol. The first kappa shape index (κ1) is 17.6. The van der Waals surface area contributed by atoms with E-state index in [4.69, 9.17) is 16.7 Å². The summed E-state index contributed by atoms with van der Waals surface area (Å²) in [6.45, 7) is 3.57. The van der Waals surface area contributed by atoms with Gasteiger partial charge in [-0.25, -0.2) is 17.9 Å². The first-order chi connectivity index (χ1) is 10.8. The van der Waals surface area contributed by atoms with E-state index in [1.54, 1.807) is 6.92 Å². The zero-order chi connectivity index (χ0) is 17.2. The van der Waals surface area contributed by atoms with Gasteiger partial charge in [-0.3, -0.25) is 4.79 Å². The van der Waals surface area contributed by atoms with Crippen LogP contribution in [-0.4, -0.2) is 40.1 Å². The number of aryl methyl sites for hydroxylation is 1. The average molecular weight is 361 g/mol. The number of rotatable bonds is 7. The molecule has 0 unspecified atom stereocenters. The van der Waals surface area contributed by atoms with Gasteiger partial charge in [0.05, 0.1) is 18.1 Å². The number of carboxylic acids is 1. The molecule has 23 heavy (non-hydrogen) atoms. The standard InChI is InChI=1S/C13H17ClN4O4S/c1-3-4-5-10(13(19)20)17-23(21,22)9-6-15-12-11(14)8(2)16-18(12)7-9/h6-7,10,17H,3-5H2,1-2H3,(H,19,20)/t10-/m0/s1. The van der Waals surface area contributed by atoms with Crippen molar-refractivity contribution in [2.75, 3.05) is 0 Å². The maximum atomic E-state index is 12.4. The number of halogens is 1. The van der Waals surface area contributed by atoms with Crippen LogP contribution in [-0.2, 0) is 14.8 Å². The van der Waals surface area contributed by atoms with Gasteiger partial charge in [-0.05, 0) is 13.3 Å². The van der Waals surface area contributed by atoms with Crippen LogP contribution in [0.3, 0.4) is 0 Å². The molecule has 2 N–H and O–H groups in total. The largest absolute Gasteiger partial charge is 0.480 e. The van der Waals surface area contributed by atoms with E-state index >= 15 is 0 Å². The van der Waals surface area contributed by atoms with Crippen LogP contribution in [0.5, 0.6) is 0 Å². The molecule has 0 fully saturated rings. The van der Waals surface area contributed by atoms with E-state index in [1.165, 1.54) is 10.7 Å². The predicted octanol–water partition coefficient (Wildman–Crippen LogP) is 1.61. The minimum absolute atomic E-state index is 0.174. The third-order valence-electron chi connectivity index (χ3n) is 3.30. The molecule has 0 aromatic carbocycles. The molecule has 1 atom stereocenters. The minimum atomic E-state index is -4.03. The number of unbranched alkanes of at least 4 members (excludes halogenated alkanes) is 1. The molecule has 0 aliphatic carbocycles. The number of aromatic nitrogens is 3. The van der Waals surface area contributed by atoms with Crippen LogP contribution in [0, 0.1) is 6.92 Å². The lowest BCUT2D eigenvalue weighted by molar-refractivity contribution is -0.139. The summed E-state index contributed by atoms with van der Waals surface area (Å²) >= 11 is 6.00. The van der Waals surface area contributed by atoms with E-state index in [0.717, 1.165) is 12.6 Å². The highest BCUT2D eigenvalue weighted by atomic mass is 35.5. The summed E-state index contributed by atoms with van der Waals surface area (Å²) in [5, 5.41) is 13.5. The van der Waals surface area contributed by atoms with Crippen molar-refractivity contribution in [1.82, 2.24) is 19.3 Å². The summed E-state index contributed by atoms with van der Waals surface area (Å²) in [5.41, 5.74) is 0.858. The van der Waals surface area contributed by atoms with Crippen LogP contribution in [0.4, 0.5) is 0 Å². The summed E-state index contributed by atoms with van der Waals surface area (Å²) in [7, 11) is -4.03. The number of nitrogens with zero attached hydrogens (tertiary/aromatic N) is 3. The molecule has 0 radical (unpaired) electrons. The predicted molar refractivity (Wildman–Crippen MR) is 84.0 cm³/mol.